The van der Waals surface area contributed by atoms with E-state index in [0.29, 0.717) is 25.0 Å². The number of pyridine rings is 1. The first kappa shape index (κ1) is 20.1. The summed E-state index contributed by atoms with van der Waals surface area (Å²) in [5, 5.41) is 14.2. The summed E-state index contributed by atoms with van der Waals surface area (Å²) in [6.07, 6.45) is 2.37. The van der Waals surface area contributed by atoms with E-state index in [-0.39, 0.29) is 17.2 Å². The van der Waals surface area contributed by atoms with Crippen molar-refractivity contribution in [3.05, 3.63) is 76.2 Å². The summed E-state index contributed by atoms with van der Waals surface area (Å²) >= 11 is 1.44. The normalized spacial score (nSPS) is 15.4. The fourth-order valence-electron chi connectivity index (χ4n) is 3.35. The van der Waals surface area contributed by atoms with Crippen LogP contribution in [0.15, 0.2) is 69.2 Å². The van der Waals surface area contributed by atoms with Crippen LogP contribution in [0.4, 0.5) is 0 Å². The molecule has 1 amide bonds. The van der Waals surface area contributed by atoms with E-state index in [1.807, 2.05) is 30.3 Å². The van der Waals surface area contributed by atoms with Gasteiger partial charge in [-0.3, -0.25) is 14.8 Å². The first-order valence-electron chi connectivity index (χ1n) is 9.49. The number of benzene rings is 2. The molecule has 0 radical (unpaired) electrons. The van der Waals surface area contributed by atoms with Crippen molar-refractivity contribution in [2.24, 2.45) is 9.63 Å². The standard InChI is InChI=1S/C21H20N4O4S/c26-20(23-28)15-7-6-14-8-10-25(21(27)17(14)12-15)9-3-11-29-19-5-2-1-4-16(19)18-13-30-24-22-18/h1-2,4-8,10,12,18,28H,3,9,11,13H2,(H,23,26). The van der Waals surface area contributed by atoms with E-state index in [2.05, 4.69) is 9.63 Å². The fourth-order valence-corrected chi connectivity index (χ4v) is 3.98. The molecule has 1 atom stereocenters. The predicted octanol–water partition coefficient (Wildman–Crippen LogP) is 3.74. The van der Waals surface area contributed by atoms with E-state index in [4.69, 9.17) is 9.94 Å². The van der Waals surface area contributed by atoms with Gasteiger partial charge < -0.3 is 9.30 Å². The van der Waals surface area contributed by atoms with Crippen molar-refractivity contribution in [1.29, 1.82) is 0 Å². The highest BCUT2D eigenvalue weighted by atomic mass is 32.2. The maximum absolute atomic E-state index is 12.8. The van der Waals surface area contributed by atoms with Crippen molar-refractivity contribution in [2.45, 2.75) is 19.0 Å². The predicted molar refractivity (Wildman–Crippen MR) is 114 cm³/mol. The Hall–Kier alpha value is -3.17. The van der Waals surface area contributed by atoms with E-state index >= 15 is 0 Å². The molecule has 1 unspecified atom stereocenters. The van der Waals surface area contributed by atoms with Crippen LogP contribution in [0.25, 0.3) is 10.8 Å². The molecule has 0 fully saturated rings. The van der Waals surface area contributed by atoms with Crippen LogP contribution in [-0.2, 0) is 6.54 Å². The number of hydrogen-bond donors (Lipinski definition) is 2. The zero-order valence-corrected chi connectivity index (χ0v) is 16.8. The molecule has 154 valence electrons. The van der Waals surface area contributed by atoms with E-state index in [1.165, 1.54) is 18.0 Å². The third-order valence-electron chi connectivity index (χ3n) is 4.90. The van der Waals surface area contributed by atoms with Crippen molar-refractivity contribution in [3.63, 3.8) is 0 Å². The number of nitrogens with one attached hydrogen (secondary N) is 1. The molecule has 1 aromatic heterocycles. The van der Waals surface area contributed by atoms with Crippen LogP contribution in [0.3, 0.4) is 0 Å². The summed E-state index contributed by atoms with van der Waals surface area (Å²) in [5.74, 6) is 0.941. The van der Waals surface area contributed by atoms with Crippen LogP contribution in [0.5, 0.6) is 5.75 Å². The van der Waals surface area contributed by atoms with Crippen LogP contribution in [-0.4, -0.2) is 28.0 Å². The molecule has 1 aliphatic rings. The molecule has 0 saturated carbocycles. The van der Waals surface area contributed by atoms with Gasteiger partial charge >= 0.3 is 0 Å². The van der Waals surface area contributed by atoms with Crippen LogP contribution in [0.2, 0.25) is 0 Å². The minimum Gasteiger partial charge on any atom is -0.493 e. The average molecular weight is 424 g/mol. The molecule has 0 saturated heterocycles. The molecule has 0 bridgehead atoms. The molecule has 3 aromatic rings. The monoisotopic (exact) mass is 424 g/mol. The lowest BCUT2D eigenvalue weighted by atomic mass is 10.1. The van der Waals surface area contributed by atoms with Gasteiger partial charge in [-0.25, -0.2) is 5.48 Å². The Bertz CT molecular complexity index is 1160. The largest absolute Gasteiger partial charge is 0.493 e. The lowest BCUT2D eigenvalue weighted by Crippen LogP contribution is -2.22. The number of aromatic nitrogens is 1. The molecule has 1 aliphatic heterocycles. The topological polar surface area (TPSA) is 105 Å². The Labute approximate surface area is 176 Å². The third kappa shape index (κ3) is 4.22. The molecule has 4 rings (SSSR count). The molecule has 2 aromatic carbocycles. The number of hydroxylamine groups is 1. The van der Waals surface area contributed by atoms with Gasteiger partial charge in [0.05, 0.1) is 6.61 Å². The molecule has 2 N–H and O–H groups in total. The average Bonchev–Trinajstić information content (AvgIpc) is 3.32. The molecular formula is C21H20N4O4S. The Morgan fingerprint density at radius 3 is 2.93 bits per heavy atom. The maximum Gasteiger partial charge on any atom is 0.274 e. The first-order chi connectivity index (χ1) is 14.7. The number of amides is 1. The molecule has 0 aliphatic carbocycles. The van der Waals surface area contributed by atoms with Crippen LogP contribution < -0.4 is 15.8 Å². The molecule has 8 nitrogen and oxygen atoms in total. The second kappa shape index (κ2) is 9.10. The smallest absolute Gasteiger partial charge is 0.274 e. The number of carbonyl (C=O) groups is 1. The molecule has 9 heteroatoms. The van der Waals surface area contributed by atoms with E-state index in [9.17, 15) is 9.59 Å². The minimum atomic E-state index is -0.654. The zero-order valence-electron chi connectivity index (χ0n) is 16.0. The van der Waals surface area contributed by atoms with Gasteiger partial charge in [-0.05, 0) is 48.0 Å². The number of para-hydroxylation sites is 1. The SMILES string of the molecule is O=C(NO)c1ccc2ccn(CCCOc3ccccc3C3CSN=N3)c(=O)c2c1. The fraction of sp³-hybridized carbons (Fsp3) is 0.238. The Morgan fingerprint density at radius 2 is 2.13 bits per heavy atom. The van der Waals surface area contributed by atoms with E-state index in [0.717, 1.165) is 22.5 Å². The van der Waals surface area contributed by atoms with Crippen molar-refractivity contribution in [3.8, 4) is 5.75 Å². The lowest BCUT2D eigenvalue weighted by molar-refractivity contribution is 0.0706. The Kier molecular flexibility index (Phi) is 6.10. The van der Waals surface area contributed by atoms with Gasteiger partial charge in [0.1, 0.15) is 11.8 Å². The third-order valence-corrected chi connectivity index (χ3v) is 5.57. The van der Waals surface area contributed by atoms with Gasteiger partial charge in [0.2, 0.25) is 0 Å². The number of ether oxygens (including phenoxy) is 1. The number of rotatable bonds is 7. The Balaban J connectivity index is 1.43. The zero-order chi connectivity index (χ0) is 20.9. The van der Waals surface area contributed by atoms with Crippen molar-refractivity contribution >= 4 is 28.6 Å². The van der Waals surface area contributed by atoms with Crippen molar-refractivity contribution < 1.29 is 14.7 Å². The molecule has 0 spiro atoms. The summed E-state index contributed by atoms with van der Waals surface area (Å²) in [6.45, 7) is 0.928. The second-order valence-electron chi connectivity index (χ2n) is 6.81. The quantitative estimate of drug-likeness (QED) is 0.260. The van der Waals surface area contributed by atoms with Gasteiger partial charge in [0.15, 0.2) is 0 Å². The van der Waals surface area contributed by atoms with Gasteiger partial charge in [0, 0.05) is 35.0 Å². The number of nitrogens with zero attached hydrogens (tertiary/aromatic N) is 3. The van der Waals surface area contributed by atoms with Gasteiger partial charge in [0.25, 0.3) is 11.5 Å². The van der Waals surface area contributed by atoms with Crippen LogP contribution in [0, 0.1) is 0 Å². The number of aryl methyl sites for hydroxylation is 1. The summed E-state index contributed by atoms with van der Waals surface area (Å²) in [4.78, 5) is 24.4. The summed E-state index contributed by atoms with van der Waals surface area (Å²) in [6, 6.07) is 14.4. The highest BCUT2D eigenvalue weighted by molar-refractivity contribution is 7.98. The van der Waals surface area contributed by atoms with Gasteiger partial charge in [-0.1, -0.05) is 24.3 Å². The minimum absolute atomic E-state index is 0.0135. The lowest BCUT2D eigenvalue weighted by Gasteiger charge is -2.14. The molecular weight excluding hydrogens is 404 g/mol. The van der Waals surface area contributed by atoms with Crippen LogP contribution in [0.1, 0.15) is 28.4 Å². The van der Waals surface area contributed by atoms with Crippen molar-refractivity contribution in [2.75, 3.05) is 12.4 Å². The van der Waals surface area contributed by atoms with E-state index < -0.39 is 5.91 Å². The molecule has 2 heterocycles. The van der Waals surface area contributed by atoms with Crippen LogP contribution >= 0.6 is 11.9 Å². The summed E-state index contributed by atoms with van der Waals surface area (Å²) in [5.41, 5.74) is 2.63. The second-order valence-corrected chi connectivity index (χ2v) is 7.56. The van der Waals surface area contributed by atoms with E-state index in [1.54, 1.807) is 28.4 Å². The highest BCUT2D eigenvalue weighted by Crippen LogP contribution is 2.35. The van der Waals surface area contributed by atoms with Gasteiger partial charge in [-0.15, -0.1) is 4.52 Å². The maximum atomic E-state index is 12.8. The summed E-state index contributed by atoms with van der Waals surface area (Å²) < 4.78 is 11.5. The van der Waals surface area contributed by atoms with Crippen molar-refractivity contribution in [1.82, 2.24) is 10.0 Å². The summed E-state index contributed by atoms with van der Waals surface area (Å²) in [7, 11) is 0. The Morgan fingerprint density at radius 1 is 1.27 bits per heavy atom. The number of fused-ring (bicyclic) bond motifs is 1. The highest BCUT2D eigenvalue weighted by Gasteiger charge is 2.19. The first-order valence-corrected chi connectivity index (χ1v) is 10.4. The number of hydrogen-bond acceptors (Lipinski definition) is 7. The number of carbonyl (C=O) groups excluding carboxylic acids is 1. The van der Waals surface area contributed by atoms with Gasteiger partial charge in [-0.2, -0.15) is 5.11 Å². The molecule has 30 heavy (non-hydrogen) atoms.